The van der Waals surface area contributed by atoms with Crippen molar-refractivity contribution in [2.75, 3.05) is 6.61 Å². The summed E-state index contributed by atoms with van der Waals surface area (Å²) in [6.45, 7) is 3.62. The quantitative estimate of drug-likeness (QED) is 0.662. The molecule has 0 bridgehead atoms. The zero-order valence-corrected chi connectivity index (χ0v) is 11.6. The fourth-order valence-electron chi connectivity index (χ4n) is 2.55. The Morgan fingerprint density at radius 3 is 2.50 bits per heavy atom. The first-order chi connectivity index (χ1) is 9.56. The summed E-state index contributed by atoms with van der Waals surface area (Å²) >= 11 is 0. The number of aliphatic hydroxyl groups is 1. The van der Waals surface area contributed by atoms with Crippen molar-refractivity contribution in [1.82, 2.24) is 0 Å². The lowest BCUT2D eigenvalue weighted by molar-refractivity contribution is -0.386. The van der Waals surface area contributed by atoms with Gasteiger partial charge in [0.05, 0.1) is 17.1 Å². The van der Waals surface area contributed by atoms with Gasteiger partial charge in [0.1, 0.15) is 12.2 Å². The minimum atomic E-state index is -0.776. The van der Waals surface area contributed by atoms with E-state index < -0.39 is 22.9 Å². The lowest BCUT2D eigenvalue weighted by Crippen LogP contribution is -2.29. The first kappa shape index (κ1) is 14.9. The highest BCUT2D eigenvalue weighted by Crippen LogP contribution is 2.44. The number of nitrogens with zero attached hydrogens (tertiary/aromatic N) is 1. The number of ether oxygens (including phenoxy) is 2. The number of nitro benzene ring substituents is 1. The highest BCUT2D eigenvalue weighted by atomic mass is 16.8. The van der Waals surface area contributed by atoms with E-state index in [0.717, 1.165) is 0 Å². The number of nitro groups is 1. The molecule has 1 N–H and O–H groups in total. The fourth-order valence-corrected chi connectivity index (χ4v) is 2.55. The van der Waals surface area contributed by atoms with Crippen LogP contribution >= 0.6 is 0 Å². The summed E-state index contributed by atoms with van der Waals surface area (Å²) in [5, 5.41) is 20.6. The summed E-state index contributed by atoms with van der Waals surface area (Å²) in [7, 11) is 0. The molecule has 6 nitrogen and oxygen atoms in total. The molecule has 0 aliphatic carbocycles. The molecule has 0 unspecified atom stereocenters. The van der Waals surface area contributed by atoms with Crippen LogP contribution in [0.5, 0.6) is 0 Å². The molecule has 2 rings (SSSR count). The molecule has 6 heteroatoms. The topological polar surface area (TPSA) is 81.8 Å². The van der Waals surface area contributed by atoms with E-state index in [9.17, 15) is 15.2 Å². The summed E-state index contributed by atoms with van der Waals surface area (Å²) in [4.78, 5) is 10.7. The third-order valence-corrected chi connectivity index (χ3v) is 3.74. The van der Waals surface area contributed by atoms with Gasteiger partial charge in [0, 0.05) is 6.07 Å². The Labute approximate surface area is 117 Å². The second kappa shape index (κ2) is 5.87. The molecule has 1 fully saturated rings. The molecule has 1 aliphatic heterocycles. The smallest absolute Gasteiger partial charge is 0.275 e. The average Bonchev–Trinajstić information content (AvgIpc) is 2.87. The molecular formula is C14H19NO5. The monoisotopic (exact) mass is 281 g/mol. The zero-order valence-electron chi connectivity index (χ0n) is 11.6. The Hall–Kier alpha value is -1.50. The van der Waals surface area contributed by atoms with E-state index in [1.165, 1.54) is 6.07 Å². The van der Waals surface area contributed by atoms with E-state index in [1.807, 2.05) is 13.8 Å². The van der Waals surface area contributed by atoms with Crippen LogP contribution in [0.1, 0.15) is 38.4 Å². The second-order valence-corrected chi connectivity index (χ2v) is 4.81. The molecule has 0 aromatic heterocycles. The van der Waals surface area contributed by atoms with Crippen LogP contribution in [0.2, 0.25) is 0 Å². The largest absolute Gasteiger partial charge is 0.394 e. The van der Waals surface area contributed by atoms with Crippen molar-refractivity contribution < 1.29 is 19.5 Å². The van der Waals surface area contributed by atoms with Gasteiger partial charge in [0.15, 0.2) is 5.79 Å². The van der Waals surface area contributed by atoms with Gasteiger partial charge >= 0.3 is 0 Å². The lowest BCUT2D eigenvalue weighted by atomic mass is 10.0. The lowest BCUT2D eigenvalue weighted by Gasteiger charge is -2.25. The Balaban J connectivity index is 2.39. The number of rotatable bonds is 5. The van der Waals surface area contributed by atoms with E-state index in [2.05, 4.69) is 0 Å². The van der Waals surface area contributed by atoms with Gasteiger partial charge in [0.2, 0.25) is 0 Å². The average molecular weight is 281 g/mol. The SMILES string of the molecule is CCC1(CC)O[C@@H](CO)[C@H](c2ccccc2[N+](=O)[O-])O1. The van der Waals surface area contributed by atoms with Gasteiger partial charge in [-0.25, -0.2) is 0 Å². The van der Waals surface area contributed by atoms with Crippen LogP contribution in [0.25, 0.3) is 0 Å². The Morgan fingerprint density at radius 2 is 1.95 bits per heavy atom. The van der Waals surface area contributed by atoms with Gasteiger partial charge in [-0.1, -0.05) is 26.0 Å². The van der Waals surface area contributed by atoms with Crippen molar-refractivity contribution in [1.29, 1.82) is 0 Å². The van der Waals surface area contributed by atoms with Gasteiger partial charge in [-0.2, -0.15) is 0 Å². The third-order valence-electron chi connectivity index (χ3n) is 3.74. The first-order valence-corrected chi connectivity index (χ1v) is 6.76. The summed E-state index contributed by atoms with van der Waals surface area (Å²) in [6.07, 6.45) is 0.0337. The predicted molar refractivity (Wildman–Crippen MR) is 72.2 cm³/mol. The van der Waals surface area contributed by atoms with Gasteiger partial charge in [0.25, 0.3) is 5.69 Å². The van der Waals surface area contributed by atoms with Crippen molar-refractivity contribution in [3.05, 3.63) is 39.9 Å². The molecule has 1 aromatic rings. The Kier molecular flexibility index (Phi) is 4.37. The molecule has 1 aromatic carbocycles. The maximum Gasteiger partial charge on any atom is 0.275 e. The first-order valence-electron chi connectivity index (χ1n) is 6.76. The molecule has 1 heterocycles. The van der Waals surface area contributed by atoms with Crippen LogP contribution in [0.3, 0.4) is 0 Å². The molecule has 0 amide bonds. The highest BCUT2D eigenvalue weighted by molar-refractivity contribution is 5.42. The van der Waals surface area contributed by atoms with Crippen molar-refractivity contribution >= 4 is 5.69 Å². The van der Waals surface area contributed by atoms with Crippen molar-refractivity contribution in [3.8, 4) is 0 Å². The van der Waals surface area contributed by atoms with E-state index >= 15 is 0 Å². The predicted octanol–water partition coefficient (Wildman–Crippen LogP) is 2.56. The fraction of sp³-hybridized carbons (Fsp3) is 0.571. The molecule has 1 aliphatic rings. The highest BCUT2D eigenvalue weighted by Gasteiger charge is 2.47. The van der Waals surface area contributed by atoms with Crippen LogP contribution in [0.4, 0.5) is 5.69 Å². The van der Waals surface area contributed by atoms with Crippen LogP contribution in [0, 0.1) is 10.1 Å². The van der Waals surface area contributed by atoms with Crippen LogP contribution in [-0.4, -0.2) is 28.5 Å². The summed E-state index contributed by atoms with van der Waals surface area (Å²) in [5.41, 5.74) is 0.433. The van der Waals surface area contributed by atoms with E-state index in [0.29, 0.717) is 18.4 Å². The molecule has 110 valence electrons. The standard InChI is InChI=1S/C14H19NO5/c1-3-14(4-2)19-12(9-16)13(20-14)10-7-5-6-8-11(10)15(17)18/h5-8,12-13,16H,3-4,9H2,1-2H3/t12-,13-/m0/s1. The molecule has 0 saturated carbocycles. The van der Waals surface area contributed by atoms with Gasteiger partial charge < -0.3 is 14.6 Å². The molecule has 2 atom stereocenters. The van der Waals surface area contributed by atoms with E-state index in [4.69, 9.17) is 9.47 Å². The van der Waals surface area contributed by atoms with Gasteiger partial charge in [-0.15, -0.1) is 0 Å². The Bertz CT molecular complexity index is 486. The molecule has 20 heavy (non-hydrogen) atoms. The summed E-state index contributed by atoms with van der Waals surface area (Å²) in [6, 6.07) is 6.41. The molecule has 1 saturated heterocycles. The van der Waals surface area contributed by atoms with Crippen LogP contribution in [-0.2, 0) is 9.47 Å². The minimum Gasteiger partial charge on any atom is -0.394 e. The second-order valence-electron chi connectivity index (χ2n) is 4.81. The zero-order chi connectivity index (χ0) is 14.8. The van der Waals surface area contributed by atoms with Crippen LogP contribution in [0.15, 0.2) is 24.3 Å². The Morgan fingerprint density at radius 1 is 1.30 bits per heavy atom. The van der Waals surface area contributed by atoms with Crippen LogP contribution < -0.4 is 0 Å². The third kappa shape index (κ3) is 2.54. The number of para-hydroxylation sites is 1. The van der Waals surface area contributed by atoms with Crippen molar-refractivity contribution in [2.24, 2.45) is 0 Å². The molecule has 0 radical (unpaired) electrons. The number of hydrogen-bond donors (Lipinski definition) is 1. The number of hydrogen-bond acceptors (Lipinski definition) is 5. The summed E-state index contributed by atoms with van der Waals surface area (Å²) in [5.74, 6) is -0.776. The van der Waals surface area contributed by atoms with E-state index in [-0.39, 0.29) is 12.3 Å². The van der Waals surface area contributed by atoms with Crippen molar-refractivity contribution in [3.63, 3.8) is 0 Å². The van der Waals surface area contributed by atoms with Gasteiger partial charge in [-0.3, -0.25) is 10.1 Å². The summed E-state index contributed by atoms with van der Waals surface area (Å²) < 4.78 is 11.7. The molecule has 0 spiro atoms. The normalized spacial score (nSPS) is 24.8. The molecular weight excluding hydrogens is 262 g/mol. The number of aliphatic hydroxyl groups excluding tert-OH is 1. The number of benzene rings is 1. The maximum absolute atomic E-state index is 11.1. The van der Waals surface area contributed by atoms with E-state index in [1.54, 1.807) is 18.2 Å². The van der Waals surface area contributed by atoms with Gasteiger partial charge in [-0.05, 0) is 18.9 Å². The minimum absolute atomic E-state index is 0.0115. The maximum atomic E-state index is 11.1. The van der Waals surface area contributed by atoms with Crippen molar-refractivity contribution in [2.45, 2.75) is 44.7 Å².